The summed E-state index contributed by atoms with van der Waals surface area (Å²) in [5.41, 5.74) is -0.698. The van der Waals surface area contributed by atoms with Crippen LogP contribution in [0.25, 0.3) is 0 Å². The SMILES string of the molecule is C[C@@H]1CCC[C@@](C#N)(NC(=O)[C@H](C)n2cccn2)C1. The third-order valence-electron chi connectivity index (χ3n) is 3.88. The van der Waals surface area contributed by atoms with Gasteiger partial charge in [0.05, 0.1) is 6.07 Å². The van der Waals surface area contributed by atoms with E-state index >= 15 is 0 Å². The highest BCUT2D eigenvalue weighted by Gasteiger charge is 2.37. The number of carbonyl (C=O) groups excluding carboxylic acids is 1. The van der Waals surface area contributed by atoms with Gasteiger partial charge in [-0.05, 0) is 38.2 Å². The monoisotopic (exact) mass is 260 g/mol. The number of rotatable bonds is 3. The first kappa shape index (κ1) is 13.6. The van der Waals surface area contributed by atoms with E-state index in [1.807, 2.05) is 0 Å². The Kier molecular flexibility index (Phi) is 3.89. The lowest BCUT2D eigenvalue weighted by molar-refractivity contribution is -0.126. The molecule has 0 radical (unpaired) electrons. The van der Waals surface area contributed by atoms with Gasteiger partial charge in [0.2, 0.25) is 5.91 Å². The Hall–Kier alpha value is -1.83. The van der Waals surface area contributed by atoms with E-state index in [2.05, 4.69) is 23.4 Å². The molecule has 0 aliphatic heterocycles. The number of nitrogens with one attached hydrogen (secondary N) is 1. The van der Waals surface area contributed by atoms with Gasteiger partial charge in [-0.25, -0.2) is 0 Å². The van der Waals surface area contributed by atoms with Crippen LogP contribution in [0, 0.1) is 17.2 Å². The smallest absolute Gasteiger partial charge is 0.245 e. The Bertz CT molecular complexity index is 476. The van der Waals surface area contributed by atoms with Gasteiger partial charge in [-0.3, -0.25) is 9.48 Å². The average Bonchev–Trinajstić information content (AvgIpc) is 2.91. The predicted octanol–water partition coefficient (Wildman–Crippen LogP) is 2.03. The van der Waals surface area contributed by atoms with E-state index in [0.29, 0.717) is 5.92 Å². The Labute approximate surface area is 113 Å². The normalized spacial score (nSPS) is 28.4. The third-order valence-corrected chi connectivity index (χ3v) is 3.88. The molecule has 1 N–H and O–H groups in total. The molecule has 1 aromatic rings. The lowest BCUT2D eigenvalue weighted by atomic mass is 9.77. The second-order valence-corrected chi connectivity index (χ2v) is 5.55. The number of aromatic nitrogens is 2. The molecule has 2 rings (SSSR count). The summed E-state index contributed by atoms with van der Waals surface area (Å²) in [5.74, 6) is 0.341. The number of carbonyl (C=O) groups is 1. The maximum Gasteiger partial charge on any atom is 0.245 e. The fraction of sp³-hybridized carbons (Fsp3) is 0.643. The summed E-state index contributed by atoms with van der Waals surface area (Å²) in [6.45, 7) is 3.92. The molecule has 1 fully saturated rings. The standard InChI is InChI=1S/C14H20N4O/c1-11-5-3-6-14(9-11,10-15)17-13(19)12(2)18-8-4-7-16-18/h4,7-8,11-12H,3,5-6,9H2,1-2H3,(H,17,19)/t11-,12+,14-/m1/s1. The summed E-state index contributed by atoms with van der Waals surface area (Å²) in [6, 6.07) is 3.71. The predicted molar refractivity (Wildman–Crippen MR) is 71.1 cm³/mol. The van der Waals surface area contributed by atoms with E-state index < -0.39 is 11.6 Å². The van der Waals surface area contributed by atoms with Crippen molar-refractivity contribution in [3.63, 3.8) is 0 Å². The van der Waals surface area contributed by atoms with Crippen LogP contribution in [0.2, 0.25) is 0 Å². The molecule has 3 atom stereocenters. The molecular weight excluding hydrogens is 240 g/mol. The van der Waals surface area contributed by atoms with Gasteiger partial charge in [0.25, 0.3) is 0 Å². The highest BCUT2D eigenvalue weighted by molar-refractivity contribution is 5.81. The van der Waals surface area contributed by atoms with Crippen LogP contribution in [-0.4, -0.2) is 21.2 Å². The second-order valence-electron chi connectivity index (χ2n) is 5.55. The minimum Gasteiger partial charge on any atom is -0.336 e. The van der Waals surface area contributed by atoms with Crippen molar-refractivity contribution in [2.24, 2.45) is 5.92 Å². The van der Waals surface area contributed by atoms with E-state index in [-0.39, 0.29) is 5.91 Å². The first-order valence-corrected chi connectivity index (χ1v) is 6.79. The van der Waals surface area contributed by atoms with E-state index in [0.717, 1.165) is 25.7 Å². The maximum absolute atomic E-state index is 12.3. The molecule has 1 amide bonds. The summed E-state index contributed by atoms with van der Waals surface area (Å²) < 4.78 is 1.60. The van der Waals surface area contributed by atoms with E-state index in [1.54, 1.807) is 30.1 Å². The van der Waals surface area contributed by atoms with Gasteiger partial charge in [0.1, 0.15) is 11.6 Å². The summed E-state index contributed by atoms with van der Waals surface area (Å²) in [7, 11) is 0. The van der Waals surface area contributed by atoms with Crippen LogP contribution in [0.1, 0.15) is 45.6 Å². The van der Waals surface area contributed by atoms with Crippen molar-refractivity contribution in [1.29, 1.82) is 5.26 Å². The van der Waals surface area contributed by atoms with Crippen LogP contribution in [-0.2, 0) is 4.79 Å². The van der Waals surface area contributed by atoms with Crippen molar-refractivity contribution in [3.8, 4) is 6.07 Å². The van der Waals surface area contributed by atoms with Crippen LogP contribution < -0.4 is 5.32 Å². The van der Waals surface area contributed by atoms with Gasteiger partial charge in [0.15, 0.2) is 0 Å². The van der Waals surface area contributed by atoms with Crippen LogP contribution in [0.5, 0.6) is 0 Å². The molecule has 102 valence electrons. The Morgan fingerprint density at radius 3 is 3.05 bits per heavy atom. The van der Waals surface area contributed by atoms with Crippen molar-refractivity contribution in [3.05, 3.63) is 18.5 Å². The largest absolute Gasteiger partial charge is 0.336 e. The highest BCUT2D eigenvalue weighted by Crippen LogP contribution is 2.32. The Morgan fingerprint density at radius 2 is 2.47 bits per heavy atom. The third kappa shape index (κ3) is 2.95. The van der Waals surface area contributed by atoms with Crippen molar-refractivity contribution in [1.82, 2.24) is 15.1 Å². The van der Waals surface area contributed by atoms with Crippen molar-refractivity contribution >= 4 is 5.91 Å². The van der Waals surface area contributed by atoms with Gasteiger partial charge < -0.3 is 5.32 Å². The molecule has 1 aliphatic carbocycles. The van der Waals surface area contributed by atoms with Crippen molar-refractivity contribution < 1.29 is 4.79 Å². The Morgan fingerprint density at radius 1 is 1.68 bits per heavy atom. The quantitative estimate of drug-likeness (QED) is 0.904. The van der Waals surface area contributed by atoms with Gasteiger partial charge in [-0.2, -0.15) is 10.4 Å². The molecule has 19 heavy (non-hydrogen) atoms. The van der Waals surface area contributed by atoms with Gasteiger partial charge in [-0.15, -0.1) is 0 Å². The fourth-order valence-corrected chi connectivity index (χ4v) is 2.76. The number of nitriles is 1. The average molecular weight is 260 g/mol. The van der Waals surface area contributed by atoms with Crippen LogP contribution in [0.3, 0.4) is 0 Å². The first-order valence-electron chi connectivity index (χ1n) is 6.79. The number of hydrogen-bond donors (Lipinski definition) is 1. The second kappa shape index (κ2) is 5.43. The molecule has 0 aromatic carbocycles. The summed E-state index contributed by atoms with van der Waals surface area (Å²) in [6.07, 6.45) is 7.00. The number of hydrogen-bond acceptors (Lipinski definition) is 3. The molecule has 1 aromatic heterocycles. The summed E-state index contributed by atoms with van der Waals surface area (Å²) in [4.78, 5) is 12.3. The topological polar surface area (TPSA) is 70.7 Å². The highest BCUT2D eigenvalue weighted by atomic mass is 16.2. The molecule has 1 aliphatic rings. The van der Waals surface area contributed by atoms with Crippen molar-refractivity contribution in [2.75, 3.05) is 0 Å². The molecule has 0 unspecified atom stereocenters. The molecule has 5 nitrogen and oxygen atoms in total. The zero-order chi connectivity index (χ0) is 13.9. The zero-order valence-electron chi connectivity index (χ0n) is 11.5. The van der Waals surface area contributed by atoms with Gasteiger partial charge >= 0.3 is 0 Å². The minimum atomic E-state index is -0.698. The molecule has 5 heteroatoms. The fourth-order valence-electron chi connectivity index (χ4n) is 2.76. The summed E-state index contributed by atoms with van der Waals surface area (Å²) in [5, 5.41) is 16.4. The van der Waals surface area contributed by atoms with E-state index in [9.17, 15) is 10.1 Å². The van der Waals surface area contributed by atoms with E-state index in [4.69, 9.17) is 0 Å². The summed E-state index contributed by atoms with van der Waals surface area (Å²) >= 11 is 0. The van der Waals surface area contributed by atoms with Crippen LogP contribution >= 0.6 is 0 Å². The molecule has 0 bridgehead atoms. The van der Waals surface area contributed by atoms with Gasteiger partial charge in [0, 0.05) is 12.4 Å². The lowest BCUT2D eigenvalue weighted by Gasteiger charge is -2.35. The zero-order valence-corrected chi connectivity index (χ0v) is 11.5. The lowest BCUT2D eigenvalue weighted by Crippen LogP contribution is -2.51. The van der Waals surface area contributed by atoms with Gasteiger partial charge in [-0.1, -0.05) is 13.3 Å². The molecule has 1 saturated carbocycles. The minimum absolute atomic E-state index is 0.139. The van der Waals surface area contributed by atoms with E-state index in [1.165, 1.54) is 0 Å². The molecule has 0 saturated heterocycles. The molecule has 1 heterocycles. The van der Waals surface area contributed by atoms with Crippen molar-refractivity contribution in [2.45, 2.75) is 51.1 Å². The maximum atomic E-state index is 12.3. The Balaban J connectivity index is 2.06. The molecule has 0 spiro atoms. The number of amides is 1. The number of nitrogens with zero attached hydrogens (tertiary/aromatic N) is 3. The molecular formula is C14H20N4O. The first-order chi connectivity index (χ1) is 9.06. The van der Waals surface area contributed by atoms with Crippen LogP contribution in [0.15, 0.2) is 18.5 Å². The van der Waals surface area contributed by atoms with Crippen LogP contribution in [0.4, 0.5) is 0 Å².